The summed E-state index contributed by atoms with van der Waals surface area (Å²) in [6.45, 7) is 7.75. The predicted molar refractivity (Wildman–Crippen MR) is 143 cm³/mol. The number of phenols is 4. The number of benzene rings is 2. The highest BCUT2D eigenvalue weighted by atomic mass is 16.3. The van der Waals surface area contributed by atoms with Crippen molar-refractivity contribution >= 4 is 17.7 Å². The first kappa shape index (κ1) is 30.3. The molecule has 0 radical (unpaired) electrons. The van der Waals surface area contributed by atoms with Crippen LogP contribution in [0.4, 0.5) is 0 Å². The molecule has 10 nitrogen and oxygen atoms in total. The highest BCUT2D eigenvalue weighted by molar-refractivity contribution is 5.98. The van der Waals surface area contributed by atoms with Crippen LogP contribution >= 0.6 is 0 Å². The van der Waals surface area contributed by atoms with Crippen LogP contribution in [0.5, 0.6) is 23.0 Å². The second kappa shape index (κ2) is 14.1. The zero-order chi connectivity index (χ0) is 28.3. The normalized spacial score (nSPS) is 11.1. The first-order chi connectivity index (χ1) is 17.9. The van der Waals surface area contributed by atoms with Gasteiger partial charge in [-0.05, 0) is 55.4 Å². The van der Waals surface area contributed by atoms with Gasteiger partial charge in [-0.2, -0.15) is 0 Å². The Balaban J connectivity index is 1.84. The molecule has 6 N–H and O–H groups in total. The third-order valence-corrected chi connectivity index (χ3v) is 5.99. The molecule has 2 aromatic rings. The number of rotatable bonds is 13. The van der Waals surface area contributed by atoms with E-state index in [9.17, 15) is 34.8 Å². The van der Waals surface area contributed by atoms with Crippen LogP contribution in [-0.2, 0) is 4.79 Å². The van der Waals surface area contributed by atoms with Crippen molar-refractivity contribution in [3.63, 3.8) is 0 Å². The van der Waals surface area contributed by atoms with E-state index in [0.29, 0.717) is 45.3 Å². The molecule has 10 heteroatoms. The fourth-order valence-electron chi connectivity index (χ4n) is 3.72. The van der Waals surface area contributed by atoms with Gasteiger partial charge in [-0.15, -0.1) is 0 Å². The molecule has 0 aliphatic carbocycles. The summed E-state index contributed by atoms with van der Waals surface area (Å²) in [5.74, 6) is -2.67. The number of hydrogen-bond donors (Lipinski definition) is 6. The number of phenolic OH excluding ortho intramolecular Hbond substituents is 4. The van der Waals surface area contributed by atoms with Crippen LogP contribution in [0.15, 0.2) is 36.4 Å². The molecule has 0 spiro atoms. The minimum Gasteiger partial charge on any atom is -0.504 e. The molecule has 2 aromatic carbocycles. The highest BCUT2D eigenvalue weighted by Crippen LogP contribution is 2.29. The Morgan fingerprint density at radius 2 is 1.21 bits per heavy atom. The molecule has 0 bridgehead atoms. The van der Waals surface area contributed by atoms with E-state index in [-0.39, 0.29) is 40.5 Å². The molecule has 0 aliphatic rings. The molecule has 2 rings (SSSR count). The van der Waals surface area contributed by atoms with Gasteiger partial charge in [0, 0.05) is 32.6 Å². The molecule has 0 aromatic heterocycles. The van der Waals surface area contributed by atoms with Crippen LogP contribution in [0.2, 0.25) is 0 Å². The summed E-state index contributed by atoms with van der Waals surface area (Å²) < 4.78 is 0. The van der Waals surface area contributed by atoms with Crippen LogP contribution in [0.25, 0.3) is 0 Å². The maximum absolute atomic E-state index is 12.9. The molecule has 0 atom stereocenters. The lowest BCUT2D eigenvalue weighted by molar-refractivity contribution is -0.131. The Hall–Kier alpha value is -3.95. The Labute approximate surface area is 223 Å². The Morgan fingerprint density at radius 3 is 1.71 bits per heavy atom. The zero-order valence-electron chi connectivity index (χ0n) is 22.3. The lowest BCUT2D eigenvalue weighted by atomic mass is 9.90. The van der Waals surface area contributed by atoms with Gasteiger partial charge in [0.25, 0.3) is 11.8 Å². The van der Waals surface area contributed by atoms with E-state index in [1.807, 2.05) is 0 Å². The molecular formula is C28H39N3O7. The Kier molecular flexibility index (Phi) is 11.2. The SMILES string of the molecule is CC(C)(C)CCC(=O)N(CCCCNC(=O)c1cccc(O)c1O)CCCNC(=O)c1cccc(O)c1O. The van der Waals surface area contributed by atoms with Gasteiger partial charge in [-0.25, -0.2) is 0 Å². The van der Waals surface area contributed by atoms with E-state index in [0.717, 1.165) is 6.42 Å². The number of aromatic hydroxyl groups is 4. The van der Waals surface area contributed by atoms with Crippen molar-refractivity contribution in [2.45, 2.75) is 52.9 Å². The summed E-state index contributed by atoms with van der Waals surface area (Å²) in [5, 5.41) is 44.2. The van der Waals surface area contributed by atoms with Crippen LogP contribution < -0.4 is 10.6 Å². The number of carbonyl (C=O) groups excluding carboxylic acids is 3. The lowest BCUT2D eigenvalue weighted by Crippen LogP contribution is -2.36. The fraction of sp³-hybridized carbons (Fsp3) is 0.464. The van der Waals surface area contributed by atoms with Crippen molar-refractivity contribution in [1.29, 1.82) is 0 Å². The molecule has 0 fully saturated rings. The van der Waals surface area contributed by atoms with Gasteiger partial charge in [-0.1, -0.05) is 32.9 Å². The summed E-state index contributed by atoms with van der Waals surface area (Å²) in [6.07, 6.45) is 2.87. The van der Waals surface area contributed by atoms with E-state index in [1.165, 1.54) is 36.4 Å². The van der Waals surface area contributed by atoms with Gasteiger partial charge in [-0.3, -0.25) is 14.4 Å². The second-order valence-corrected chi connectivity index (χ2v) is 10.4. The van der Waals surface area contributed by atoms with Crippen LogP contribution in [0.3, 0.4) is 0 Å². The average Bonchev–Trinajstić information content (AvgIpc) is 2.86. The number of unbranched alkanes of at least 4 members (excludes halogenated alkanes) is 1. The topological polar surface area (TPSA) is 159 Å². The number of amides is 3. The summed E-state index contributed by atoms with van der Waals surface area (Å²) >= 11 is 0. The van der Waals surface area contributed by atoms with Crippen molar-refractivity contribution in [3.05, 3.63) is 47.5 Å². The van der Waals surface area contributed by atoms with Crippen molar-refractivity contribution < 1.29 is 34.8 Å². The first-order valence-electron chi connectivity index (χ1n) is 12.8. The molecule has 0 saturated carbocycles. The molecule has 38 heavy (non-hydrogen) atoms. The van der Waals surface area contributed by atoms with Crippen molar-refractivity contribution in [2.75, 3.05) is 26.2 Å². The van der Waals surface area contributed by atoms with Gasteiger partial charge in [0.15, 0.2) is 23.0 Å². The first-order valence-corrected chi connectivity index (χ1v) is 12.8. The van der Waals surface area contributed by atoms with Gasteiger partial charge in [0.2, 0.25) is 5.91 Å². The van der Waals surface area contributed by atoms with E-state index < -0.39 is 23.3 Å². The minimum atomic E-state index is -0.516. The quantitative estimate of drug-likeness (QED) is 0.171. The Morgan fingerprint density at radius 1 is 0.737 bits per heavy atom. The van der Waals surface area contributed by atoms with Crippen molar-refractivity contribution in [1.82, 2.24) is 15.5 Å². The average molecular weight is 530 g/mol. The van der Waals surface area contributed by atoms with Crippen LogP contribution in [-0.4, -0.2) is 69.2 Å². The minimum absolute atomic E-state index is 0.00920. The number of para-hydroxylation sites is 2. The third kappa shape index (κ3) is 9.49. The maximum atomic E-state index is 12.9. The molecule has 0 unspecified atom stereocenters. The number of nitrogens with zero attached hydrogens (tertiary/aromatic N) is 1. The summed E-state index contributed by atoms with van der Waals surface area (Å²) in [5.41, 5.74) is -0.0189. The standard InChI is InChI=1S/C28H39N3O7/c1-28(2,3)14-13-23(34)31(18-8-16-30-27(38)20-10-7-12-22(33)25(20)36)17-5-4-15-29-26(37)19-9-6-11-21(32)24(19)35/h6-7,9-12,32-33,35-36H,4-5,8,13-18H2,1-3H3,(H,29,37)(H,30,38). The molecule has 0 saturated heterocycles. The lowest BCUT2D eigenvalue weighted by Gasteiger charge is -2.25. The van der Waals surface area contributed by atoms with Crippen molar-refractivity contribution in [3.8, 4) is 23.0 Å². The van der Waals surface area contributed by atoms with E-state index in [4.69, 9.17) is 0 Å². The molecule has 0 heterocycles. The second-order valence-electron chi connectivity index (χ2n) is 10.4. The van der Waals surface area contributed by atoms with E-state index in [2.05, 4.69) is 31.4 Å². The molecule has 0 aliphatic heterocycles. The van der Waals surface area contributed by atoms with Crippen LogP contribution in [0.1, 0.15) is 73.6 Å². The monoisotopic (exact) mass is 529 g/mol. The summed E-state index contributed by atoms with van der Waals surface area (Å²) in [6, 6.07) is 8.34. The molecular weight excluding hydrogens is 490 g/mol. The Bertz CT molecular complexity index is 1110. The summed E-state index contributed by atoms with van der Waals surface area (Å²) in [4.78, 5) is 39.2. The van der Waals surface area contributed by atoms with Gasteiger partial charge >= 0.3 is 0 Å². The molecule has 208 valence electrons. The number of carbonyl (C=O) groups is 3. The third-order valence-electron chi connectivity index (χ3n) is 5.99. The number of nitrogens with one attached hydrogen (secondary N) is 2. The smallest absolute Gasteiger partial charge is 0.255 e. The summed E-state index contributed by atoms with van der Waals surface area (Å²) in [7, 11) is 0. The molecule has 3 amide bonds. The van der Waals surface area contributed by atoms with E-state index in [1.54, 1.807) is 4.90 Å². The van der Waals surface area contributed by atoms with Gasteiger partial charge in [0.1, 0.15) is 0 Å². The maximum Gasteiger partial charge on any atom is 0.255 e. The van der Waals surface area contributed by atoms with Crippen LogP contribution in [0, 0.1) is 5.41 Å². The fourth-order valence-corrected chi connectivity index (χ4v) is 3.72. The van der Waals surface area contributed by atoms with E-state index >= 15 is 0 Å². The van der Waals surface area contributed by atoms with Gasteiger partial charge < -0.3 is 36.0 Å². The van der Waals surface area contributed by atoms with Crippen molar-refractivity contribution in [2.24, 2.45) is 5.41 Å². The predicted octanol–water partition coefficient (Wildman–Crippen LogP) is 3.49. The highest BCUT2D eigenvalue weighted by Gasteiger charge is 2.19. The largest absolute Gasteiger partial charge is 0.504 e. The number of hydrogen-bond acceptors (Lipinski definition) is 7. The van der Waals surface area contributed by atoms with Gasteiger partial charge in [0.05, 0.1) is 11.1 Å². The zero-order valence-corrected chi connectivity index (χ0v) is 22.3.